The van der Waals surface area contributed by atoms with Crippen LogP contribution in [0.25, 0.3) is 5.78 Å². The fourth-order valence-electron chi connectivity index (χ4n) is 1.33. The molecule has 0 atom stereocenters. The van der Waals surface area contributed by atoms with Gasteiger partial charge in [-0.1, -0.05) is 13.8 Å². The average Bonchev–Trinajstić information content (AvgIpc) is 2.59. The summed E-state index contributed by atoms with van der Waals surface area (Å²) in [6.45, 7) is 4.75. The van der Waals surface area contributed by atoms with E-state index in [9.17, 15) is 0 Å². The van der Waals surface area contributed by atoms with Crippen LogP contribution in [-0.2, 0) is 6.54 Å². The number of nitrogens with two attached hydrogens (primary N) is 1. The van der Waals surface area contributed by atoms with E-state index in [1.807, 2.05) is 16.8 Å². The molecule has 2 rings (SSSR count). The SMILES string of the molecule is CC(C)c1cn2cc(CN)cnc2n1. The molecule has 4 nitrogen and oxygen atoms in total. The van der Waals surface area contributed by atoms with Crippen LogP contribution < -0.4 is 5.73 Å². The molecule has 4 heteroatoms. The smallest absolute Gasteiger partial charge is 0.233 e. The lowest BCUT2D eigenvalue weighted by molar-refractivity contribution is 0.833. The molecular weight excluding hydrogens is 176 g/mol. The van der Waals surface area contributed by atoms with Gasteiger partial charge in [-0.2, -0.15) is 0 Å². The minimum atomic E-state index is 0.429. The summed E-state index contributed by atoms with van der Waals surface area (Å²) in [5.41, 5.74) is 7.61. The lowest BCUT2D eigenvalue weighted by Crippen LogP contribution is -1.99. The highest BCUT2D eigenvalue weighted by molar-refractivity contribution is 5.32. The van der Waals surface area contributed by atoms with E-state index >= 15 is 0 Å². The molecule has 0 unspecified atom stereocenters. The third kappa shape index (κ3) is 1.48. The van der Waals surface area contributed by atoms with Crippen molar-refractivity contribution in [3.05, 3.63) is 29.8 Å². The van der Waals surface area contributed by atoms with Gasteiger partial charge >= 0.3 is 0 Å². The maximum Gasteiger partial charge on any atom is 0.233 e. The van der Waals surface area contributed by atoms with Gasteiger partial charge in [-0.3, -0.25) is 4.40 Å². The minimum Gasteiger partial charge on any atom is -0.326 e. The fourth-order valence-corrected chi connectivity index (χ4v) is 1.33. The molecule has 74 valence electrons. The average molecular weight is 190 g/mol. The van der Waals surface area contributed by atoms with Crippen LogP contribution in [0.15, 0.2) is 18.6 Å². The van der Waals surface area contributed by atoms with Crippen molar-refractivity contribution in [2.24, 2.45) is 5.73 Å². The molecule has 0 fully saturated rings. The van der Waals surface area contributed by atoms with E-state index in [1.165, 1.54) is 0 Å². The standard InChI is InChI=1S/C10H14N4/c1-7(2)9-6-14-5-8(3-11)4-12-10(14)13-9/h4-7H,3,11H2,1-2H3. The Morgan fingerprint density at radius 2 is 2.21 bits per heavy atom. The second kappa shape index (κ2) is 3.38. The number of rotatable bonds is 2. The molecule has 2 N–H and O–H groups in total. The van der Waals surface area contributed by atoms with Crippen LogP contribution in [0.1, 0.15) is 31.0 Å². The number of hydrogen-bond donors (Lipinski definition) is 1. The second-order valence-corrected chi connectivity index (χ2v) is 3.69. The highest BCUT2D eigenvalue weighted by Crippen LogP contribution is 2.13. The van der Waals surface area contributed by atoms with E-state index in [1.54, 1.807) is 6.20 Å². The molecule has 0 saturated heterocycles. The van der Waals surface area contributed by atoms with Crippen LogP contribution in [0.2, 0.25) is 0 Å². The number of imidazole rings is 1. The maximum atomic E-state index is 5.53. The minimum absolute atomic E-state index is 0.429. The van der Waals surface area contributed by atoms with Gasteiger partial charge in [0.15, 0.2) is 0 Å². The largest absolute Gasteiger partial charge is 0.326 e. The van der Waals surface area contributed by atoms with Crippen molar-refractivity contribution in [3.8, 4) is 0 Å². The van der Waals surface area contributed by atoms with Gasteiger partial charge in [0.05, 0.1) is 5.69 Å². The van der Waals surface area contributed by atoms with Gasteiger partial charge in [-0.25, -0.2) is 9.97 Å². The van der Waals surface area contributed by atoms with E-state index < -0.39 is 0 Å². The first-order valence-electron chi connectivity index (χ1n) is 4.74. The molecule has 0 amide bonds. The van der Waals surface area contributed by atoms with Crippen molar-refractivity contribution in [2.75, 3.05) is 0 Å². The number of fused-ring (bicyclic) bond motifs is 1. The Morgan fingerprint density at radius 1 is 1.43 bits per heavy atom. The first-order chi connectivity index (χ1) is 6.70. The summed E-state index contributed by atoms with van der Waals surface area (Å²) in [4.78, 5) is 8.63. The highest BCUT2D eigenvalue weighted by atomic mass is 15.1. The summed E-state index contributed by atoms with van der Waals surface area (Å²) in [7, 11) is 0. The topological polar surface area (TPSA) is 56.2 Å². The molecule has 0 aliphatic rings. The molecule has 0 aromatic carbocycles. The Labute approximate surface area is 82.8 Å². The molecule has 14 heavy (non-hydrogen) atoms. The van der Waals surface area contributed by atoms with Gasteiger partial charge in [0.2, 0.25) is 5.78 Å². The van der Waals surface area contributed by atoms with E-state index in [2.05, 4.69) is 23.8 Å². The molecule has 2 heterocycles. The Morgan fingerprint density at radius 3 is 2.86 bits per heavy atom. The predicted molar refractivity (Wildman–Crippen MR) is 55.0 cm³/mol. The van der Waals surface area contributed by atoms with Gasteiger partial charge in [-0.05, 0) is 5.92 Å². The van der Waals surface area contributed by atoms with Gasteiger partial charge in [0, 0.05) is 30.7 Å². The summed E-state index contributed by atoms with van der Waals surface area (Å²) >= 11 is 0. The van der Waals surface area contributed by atoms with Crippen LogP contribution >= 0.6 is 0 Å². The summed E-state index contributed by atoms with van der Waals surface area (Å²) in [6, 6.07) is 0. The number of aromatic nitrogens is 3. The normalized spacial score (nSPS) is 11.4. The summed E-state index contributed by atoms with van der Waals surface area (Å²) < 4.78 is 1.93. The van der Waals surface area contributed by atoms with Crippen molar-refractivity contribution >= 4 is 5.78 Å². The summed E-state index contributed by atoms with van der Waals surface area (Å²) in [5.74, 6) is 1.17. The number of hydrogen-bond acceptors (Lipinski definition) is 3. The van der Waals surface area contributed by atoms with Crippen LogP contribution in [-0.4, -0.2) is 14.4 Å². The zero-order valence-corrected chi connectivity index (χ0v) is 8.44. The van der Waals surface area contributed by atoms with Crippen molar-refractivity contribution < 1.29 is 0 Å². The molecule has 0 spiro atoms. The monoisotopic (exact) mass is 190 g/mol. The highest BCUT2D eigenvalue weighted by Gasteiger charge is 2.05. The quantitative estimate of drug-likeness (QED) is 0.776. The summed E-state index contributed by atoms with van der Waals surface area (Å²) in [6.07, 6.45) is 5.75. The van der Waals surface area contributed by atoms with Crippen molar-refractivity contribution in [1.29, 1.82) is 0 Å². The molecule has 0 radical (unpaired) electrons. The van der Waals surface area contributed by atoms with E-state index in [0.29, 0.717) is 12.5 Å². The molecular formula is C10H14N4. The van der Waals surface area contributed by atoms with Gasteiger partial charge < -0.3 is 5.73 Å². The van der Waals surface area contributed by atoms with Crippen LogP contribution in [0.4, 0.5) is 0 Å². The van der Waals surface area contributed by atoms with E-state index in [4.69, 9.17) is 5.73 Å². The molecule has 0 saturated carbocycles. The van der Waals surface area contributed by atoms with Crippen LogP contribution in [0.5, 0.6) is 0 Å². The maximum absolute atomic E-state index is 5.53. The Balaban J connectivity index is 2.54. The zero-order chi connectivity index (χ0) is 10.1. The first kappa shape index (κ1) is 9.15. The fraction of sp³-hybridized carbons (Fsp3) is 0.400. The van der Waals surface area contributed by atoms with Gasteiger partial charge in [0.1, 0.15) is 0 Å². The lowest BCUT2D eigenvalue weighted by atomic mass is 10.2. The third-order valence-corrected chi connectivity index (χ3v) is 2.21. The Hall–Kier alpha value is -1.42. The van der Waals surface area contributed by atoms with Crippen molar-refractivity contribution in [2.45, 2.75) is 26.3 Å². The molecule has 0 aliphatic carbocycles. The van der Waals surface area contributed by atoms with Crippen LogP contribution in [0.3, 0.4) is 0 Å². The number of nitrogens with zero attached hydrogens (tertiary/aromatic N) is 3. The zero-order valence-electron chi connectivity index (χ0n) is 8.44. The lowest BCUT2D eigenvalue weighted by Gasteiger charge is -1.96. The summed E-state index contributed by atoms with van der Waals surface area (Å²) in [5, 5.41) is 0. The van der Waals surface area contributed by atoms with Crippen molar-refractivity contribution in [1.82, 2.24) is 14.4 Å². The molecule has 2 aromatic rings. The molecule has 0 aliphatic heterocycles. The molecule has 0 bridgehead atoms. The van der Waals surface area contributed by atoms with Crippen molar-refractivity contribution in [3.63, 3.8) is 0 Å². The van der Waals surface area contributed by atoms with E-state index in [0.717, 1.165) is 17.0 Å². The van der Waals surface area contributed by atoms with Crippen LogP contribution in [0, 0.1) is 0 Å². The van der Waals surface area contributed by atoms with Gasteiger partial charge in [-0.15, -0.1) is 0 Å². The second-order valence-electron chi connectivity index (χ2n) is 3.69. The Bertz CT molecular complexity index is 444. The first-order valence-corrected chi connectivity index (χ1v) is 4.74. The predicted octanol–water partition coefficient (Wildman–Crippen LogP) is 1.31. The van der Waals surface area contributed by atoms with E-state index in [-0.39, 0.29) is 0 Å². The molecule has 2 aromatic heterocycles. The Kier molecular flexibility index (Phi) is 2.21. The third-order valence-electron chi connectivity index (χ3n) is 2.21. The van der Waals surface area contributed by atoms with Gasteiger partial charge in [0.25, 0.3) is 0 Å².